The molecule has 0 aliphatic heterocycles. The number of aromatic amines is 1. The smallest absolute Gasteiger partial charge is 0.330 e. The molecule has 1 aromatic rings. The Morgan fingerprint density at radius 1 is 1.38 bits per heavy atom. The summed E-state index contributed by atoms with van der Waals surface area (Å²) in [6, 6.07) is 0. The van der Waals surface area contributed by atoms with Crippen LogP contribution in [-0.2, 0) is 6.54 Å². The second-order valence-electron chi connectivity index (χ2n) is 6.57. The zero-order valence-electron chi connectivity index (χ0n) is 13.1. The van der Waals surface area contributed by atoms with Crippen LogP contribution in [-0.4, -0.2) is 16.1 Å². The van der Waals surface area contributed by atoms with E-state index >= 15 is 0 Å². The molecule has 1 aromatic heterocycles. The molecule has 0 spiro atoms. The van der Waals surface area contributed by atoms with Crippen LogP contribution in [0.15, 0.2) is 9.59 Å². The molecule has 118 valence electrons. The van der Waals surface area contributed by atoms with Gasteiger partial charge < -0.3 is 11.1 Å². The summed E-state index contributed by atoms with van der Waals surface area (Å²) in [5, 5.41) is 3.17. The minimum atomic E-state index is -0.439. The lowest BCUT2D eigenvalue weighted by Crippen LogP contribution is -2.35. The molecule has 0 amide bonds. The van der Waals surface area contributed by atoms with Crippen molar-refractivity contribution < 1.29 is 0 Å². The van der Waals surface area contributed by atoms with Crippen molar-refractivity contribution in [2.75, 3.05) is 17.6 Å². The van der Waals surface area contributed by atoms with Gasteiger partial charge in [0, 0.05) is 13.1 Å². The van der Waals surface area contributed by atoms with Crippen molar-refractivity contribution in [3.8, 4) is 0 Å². The standard InChI is InChI=1S/C15H26N4O2/c1-9(2)8-19-13(16)12(14(20)18-15(19)21)17-7-11-6-4-5-10(11)3/h9-11,17H,4-8,16H2,1-3H3,(H,18,20,21). The predicted octanol–water partition coefficient (Wildman–Crippen LogP) is 1.62. The van der Waals surface area contributed by atoms with Crippen molar-refractivity contribution in [1.29, 1.82) is 0 Å². The molecule has 0 bridgehead atoms. The van der Waals surface area contributed by atoms with Crippen LogP contribution < -0.4 is 22.3 Å². The maximum absolute atomic E-state index is 12.0. The van der Waals surface area contributed by atoms with E-state index < -0.39 is 11.2 Å². The maximum atomic E-state index is 12.0. The van der Waals surface area contributed by atoms with Crippen molar-refractivity contribution in [3.63, 3.8) is 0 Å². The van der Waals surface area contributed by atoms with Crippen molar-refractivity contribution >= 4 is 11.5 Å². The van der Waals surface area contributed by atoms with E-state index in [0.717, 1.165) is 6.54 Å². The number of nitrogen functional groups attached to an aromatic ring is 1. The Balaban J connectivity index is 2.22. The molecule has 2 atom stereocenters. The van der Waals surface area contributed by atoms with Gasteiger partial charge in [-0.15, -0.1) is 0 Å². The molecule has 6 heteroatoms. The van der Waals surface area contributed by atoms with E-state index in [0.29, 0.717) is 24.1 Å². The monoisotopic (exact) mass is 294 g/mol. The molecule has 1 fully saturated rings. The molecule has 0 aromatic carbocycles. The summed E-state index contributed by atoms with van der Waals surface area (Å²) in [6.45, 7) is 7.48. The van der Waals surface area contributed by atoms with E-state index in [4.69, 9.17) is 5.73 Å². The van der Waals surface area contributed by atoms with Gasteiger partial charge in [0.15, 0.2) is 0 Å². The van der Waals surface area contributed by atoms with Crippen molar-refractivity contribution in [1.82, 2.24) is 9.55 Å². The molecule has 1 saturated carbocycles. The summed E-state index contributed by atoms with van der Waals surface area (Å²) < 4.78 is 1.44. The quantitative estimate of drug-likeness (QED) is 0.769. The van der Waals surface area contributed by atoms with Gasteiger partial charge in [-0.05, 0) is 24.2 Å². The Labute approximate surface area is 124 Å². The number of rotatable bonds is 5. The third-order valence-corrected chi connectivity index (χ3v) is 4.37. The molecule has 1 heterocycles. The highest BCUT2D eigenvalue weighted by Gasteiger charge is 2.24. The van der Waals surface area contributed by atoms with Gasteiger partial charge in [0.1, 0.15) is 11.5 Å². The van der Waals surface area contributed by atoms with Crippen LogP contribution in [0.2, 0.25) is 0 Å². The molecule has 2 unspecified atom stereocenters. The highest BCUT2D eigenvalue weighted by atomic mass is 16.2. The fourth-order valence-electron chi connectivity index (χ4n) is 3.06. The highest BCUT2D eigenvalue weighted by Crippen LogP contribution is 2.31. The Morgan fingerprint density at radius 3 is 2.67 bits per heavy atom. The lowest BCUT2D eigenvalue weighted by atomic mass is 9.98. The number of hydrogen-bond donors (Lipinski definition) is 3. The third-order valence-electron chi connectivity index (χ3n) is 4.37. The first-order valence-corrected chi connectivity index (χ1v) is 7.76. The van der Waals surface area contributed by atoms with Crippen LogP contribution in [0.1, 0.15) is 40.0 Å². The summed E-state index contributed by atoms with van der Waals surface area (Å²) in [5.74, 6) is 1.75. The number of nitrogens with two attached hydrogens (primary N) is 1. The zero-order chi connectivity index (χ0) is 15.6. The average molecular weight is 294 g/mol. The van der Waals surface area contributed by atoms with E-state index in [2.05, 4.69) is 17.2 Å². The van der Waals surface area contributed by atoms with Crippen molar-refractivity contribution in [2.24, 2.45) is 17.8 Å². The Kier molecular flexibility index (Phi) is 4.75. The normalized spacial score (nSPS) is 21.9. The molecule has 0 radical (unpaired) electrons. The summed E-state index contributed by atoms with van der Waals surface area (Å²) in [7, 11) is 0. The van der Waals surface area contributed by atoms with Crippen molar-refractivity contribution in [3.05, 3.63) is 20.8 Å². The van der Waals surface area contributed by atoms with Gasteiger partial charge in [-0.2, -0.15) is 0 Å². The topological polar surface area (TPSA) is 92.9 Å². The SMILES string of the molecule is CC(C)Cn1c(N)c(NCC2CCCC2C)c(=O)[nH]c1=O. The summed E-state index contributed by atoms with van der Waals surface area (Å²) >= 11 is 0. The Morgan fingerprint density at radius 2 is 2.10 bits per heavy atom. The van der Waals surface area contributed by atoms with Crippen LogP contribution in [0.3, 0.4) is 0 Å². The maximum Gasteiger partial charge on any atom is 0.330 e. The van der Waals surface area contributed by atoms with Gasteiger partial charge in [0.25, 0.3) is 5.56 Å². The molecule has 6 nitrogen and oxygen atoms in total. The average Bonchev–Trinajstić information content (AvgIpc) is 2.80. The van der Waals surface area contributed by atoms with Crippen LogP contribution in [0, 0.1) is 17.8 Å². The highest BCUT2D eigenvalue weighted by molar-refractivity contribution is 5.60. The largest absolute Gasteiger partial charge is 0.383 e. The molecule has 1 aliphatic carbocycles. The molecule has 21 heavy (non-hydrogen) atoms. The minimum Gasteiger partial charge on any atom is -0.383 e. The Hall–Kier alpha value is -1.72. The zero-order valence-corrected chi connectivity index (χ0v) is 13.1. The first kappa shape index (κ1) is 15.7. The fourth-order valence-corrected chi connectivity index (χ4v) is 3.06. The van der Waals surface area contributed by atoms with Gasteiger partial charge in [-0.1, -0.05) is 33.6 Å². The van der Waals surface area contributed by atoms with Gasteiger partial charge in [-0.25, -0.2) is 4.79 Å². The van der Waals surface area contributed by atoms with Gasteiger partial charge in [0.2, 0.25) is 0 Å². The summed E-state index contributed by atoms with van der Waals surface area (Å²) in [5.41, 5.74) is 5.49. The fraction of sp³-hybridized carbons (Fsp3) is 0.733. The van der Waals surface area contributed by atoms with Crippen LogP contribution >= 0.6 is 0 Å². The van der Waals surface area contributed by atoms with E-state index in [9.17, 15) is 9.59 Å². The van der Waals surface area contributed by atoms with Gasteiger partial charge >= 0.3 is 5.69 Å². The number of anilines is 2. The van der Waals surface area contributed by atoms with Crippen LogP contribution in [0.5, 0.6) is 0 Å². The van der Waals surface area contributed by atoms with E-state index in [1.54, 1.807) is 0 Å². The van der Waals surface area contributed by atoms with E-state index in [-0.39, 0.29) is 11.7 Å². The first-order chi connectivity index (χ1) is 9.90. The number of aromatic nitrogens is 2. The van der Waals surface area contributed by atoms with E-state index in [1.807, 2.05) is 13.8 Å². The number of H-pyrrole nitrogens is 1. The van der Waals surface area contributed by atoms with Crippen LogP contribution in [0.25, 0.3) is 0 Å². The molecule has 4 N–H and O–H groups in total. The molecular weight excluding hydrogens is 268 g/mol. The van der Waals surface area contributed by atoms with Crippen molar-refractivity contribution in [2.45, 2.75) is 46.6 Å². The summed E-state index contributed by atoms with van der Waals surface area (Å²) in [6.07, 6.45) is 3.66. The second-order valence-corrected chi connectivity index (χ2v) is 6.57. The van der Waals surface area contributed by atoms with E-state index in [1.165, 1.54) is 23.8 Å². The Bertz CT molecular complexity index is 603. The number of nitrogens with zero attached hydrogens (tertiary/aromatic N) is 1. The molecule has 2 rings (SSSR count). The van der Waals surface area contributed by atoms with Gasteiger partial charge in [-0.3, -0.25) is 14.3 Å². The number of hydrogen-bond acceptors (Lipinski definition) is 4. The summed E-state index contributed by atoms with van der Waals surface area (Å²) in [4.78, 5) is 26.2. The van der Waals surface area contributed by atoms with Crippen LogP contribution in [0.4, 0.5) is 11.5 Å². The lowest BCUT2D eigenvalue weighted by molar-refractivity contribution is 0.439. The first-order valence-electron chi connectivity index (χ1n) is 7.76. The number of nitrogens with one attached hydrogen (secondary N) is 2. The molecule has 1 aliphatic rings. The predicted molar refractivity (Wildman–Crippen MR) is 85.6 cm³/mol. The second kappa shape index (κ2) is 6.37. The third kappa shape index (κ3) is 3.49. The van der Waals surface area contributed by atoms with Gasteiger partial charge in [0.05, 0.1) is 0 Å². The lowest BCUT2D eigenvalue weighted by Gasteiger charge is -2.19. The molecular formula is C15H26N4O2. The minimum absolute atomic E-state index is 0.239. The molecule has 0 saturated heterocycles.